The first-order chi connectivity index (χ1) is 10.2. The number of benzene rings is 1. The summed E-state index contributed by atoms with van der Waals surface area (Å²) in [6, 6.07) is 8.50. The molecule has 0 spiro atoms. The average molecular weight is 294 g/mol. The van der Waals surface area contributed by atoms with Crippen molar-refractivity contribution in [3.8, 4) is 0 Å². The molecule has 0 aromatic heterocycles. The van der Waals surface area contributed by atoms with Gasteiger partial charge in [-0.2, -0.15) is 0 Å². The van der Waals surface area contributed by atoms with Crippen LogP contribution in [0, 0.1) is 0 Å². The average Bonchev–Trinajstić information content (AvgIpc) is 2.67. The molecule has 0 nitrogen and oxygen atoms in total. The summed E-state index contributed by atoms with van der Waals surface area (Å²) < 4.78 is -0.0267. The fraction of sp³-hybridized carbons (Fsp3) is 0.200. The van der Waals surface area contributed by atoms with Crippen molar-refractivity contribution in [2.75, 3.05) is 0 Å². The molecule has 108 valence electrons. The number of rotatable bonds is 4. The summed E-state index contributed by atoms with van der Waals surface area (Å²) in [4.78, 5) is 1.27. The number of allylic oxidation sites excluding steroid dienone is 5. The van der Waals surface area contributed by atoms with Crippen LogP contribution in [0.3, 0.4) is 0 Å². The lowest BCUT2D eigenvalue weighted by Gasteiger charge is -2.21. The van der Waals surface area contributed by atoms with Gasteiger partial charge in [-0.25, -0.2) is 0 Å². The monoisotopic (exact) mass is 294 g/mol. The minimum atomic E-state index is -0.0267. The topological polar surface area (TPSA) is 0 Å². The van der Waals surface area contributed by atoms with E-state index in [9.17, 15) is 0 Å². The van der Waals surface area contributed by atoms with Gasteiger partial charge in [-0.15, -0.1) is 11.8 Å². The van der Waals surface area contributed by atoms with Crippen molar-refractivity contribution < 1.29 is 0 Å². The first-order valence-corrected chi connectivity index (χ1v) is 8.11. The molecule has 21 heavy (non-hydrogen) atoms. The van der Waals surface area contributed by atoms with Crippen molar-refractivity contribution in [1.82, 2.24) is 0 Å². The Morgan fingerprint density at radius 3 is 2.14 bits per heavy atom. The molecular weight excluding hydrogens is 272 g/mol. The van der Waals surface area contributed by atoms with Gasteiger partial charge in [0.25, 0.3) is 0 Å². The van der Waals surface area contributed by atoms with Gasteiger partial charge in [-0.3, -0.25) is 0 Å². The molecule has 0 aliphatic heterocycles. The fourth-order valence-electron chi connectivity index (χ4n) is 2.15. The normalized spacial score (nSPS) is 17.4. The Balaban J connectivity index is 2.21. The van der Waals surface area contributed by atoms with Crippen molar-refractivity contribution in [2.45, 2.75) is 25.5 Å². The summed E-state index contributed by atoms with van der Waals surface area (Å²) in [6.07, 6.45) is 19.5. The van der Waals surface area contributed by atoms with Crippen molar-refractivity contribution >= 4 is 23.9 Å². The van der Waals surface area contributed by atoms with Gasteiger partial charge in [-0.1, -0.05) is 72.9 Å². The molecule has 0 saturated carbocycles. The Bertz CT molecular complexity index is 594. The van der Waals surface area contributed by atoms with Gasteiger partial charge in [0.05, 0.1) is 4.75 Å². The van der Waals surface area contributed by atoms with Crippen LogP contribution in [0.5, 0.6) is 0 Å². The lowest BCUT2D eigenvalue weighted by atomic mass is 10.1. The summed E-state index contributed by atoms with van der Waals surface area (Å²) >= 11 is 1.87. The highest BCUT2D eigenvalue weighted by atomic mass is 32.2. The Morgan fingerprint density at radius 1 is 1.00 bits per heavy atom. The van der Waals surface area contributed by atoms with E-state index >= 15 is 0 Å². The van der Waals surface area contributed by atoms with Crippen LogP contribution >= 0.6 is 11.8 Å². The Hall–Kier alpha value is -1.73. The molecule has 1 aliphatic carbocycles. The van der Waals surface area contributed by atoms with Gasteiger partial charge in [-0.05, 0) is 38.0 Å². The van der Waals surface area contributed by atoms with Crippen LogP contribution in [-0.2, 0) is 0 Å². The molecule has 0 unspecified atom stereocenters. The number of hydrogen-bond donors (Lipinski definition) is 0. The Morgan fingerprint density at radius 2 is 1.62 bits per heavy atom. The molecule has 0 N–H and O–H groups in total. The van der Waals surface area contributed by atoms with E-state index in [1.807, 2.05) is 24.8 Å². The minimum absolute atomic E-state index is 0.0267. The largest absolute Gasteiger partial charge is 0.112 e. The van der Waals surface area contributed by atoms with Crippen LogP contribution in [0.1, 0.15) is 31.9 Å². The van der Waals surface area contributed by atoms with Crippen molar-refractivity contribution in [1.29, 1.82) is 0 Å². The van der Waals surface area contributed by atoms with E-state index in [4.69, 9.17) is 0 Å². The highest BCUT2D eigenvalue weighted by molar-refractivity contribution is 8.04. The standard InChI is InChI=1S/C20H22S/c1-4-6-7-12-19(5-2)21-20(3)15-13-17-10-8-9-11-18(17)14-16-20/h4-16H,1-3H3/b6-4-,12-7-,19-5+. The fourth-order valence-corrected chi connectivity index (χ4v) is 3.20. The summed E-state index contributed by atoms with van der Waals surface area (Å²) in [5.74, 6) is 0. The first kappa shape index (κ1) is 15.7. The molecule has 2 rings (SSSR count). The van der Waals surface area contributed by atoms with E-state index in [-0.39, 0.29) is 4.75 Å². The minimum Gasteiger partial charge on any atom is -0.112 e. The number of fused-ring (bicyclic) bond motifs is 1. The molecule has 0 heterocycles. The third kappa shape index (κ3) is 4.37. The maximum absolute atomic E-state index is 2.28. The van der Waals surface area contributed by atoms with Gasteiger partial charge >= 0.3 is 0 Å². The van der Waals surface area contributed by atoms with E-state index in [1.54, 1.807) is 0 Å². The molecule has 0 radical (unpaired) electrons. The highest BCUT2D eigenvalue weighted by Crippen LogP contribution is 2.38. The number of hydrogen-bond acceptors (Lipinski definition) is 1. The van der Waals surface area contributed by atoms with Crippen LogP contribution in [0.2, 0.25) is 0 Å². The molecule has 1 aromatic carbocycles. The summed E-state index contributed by atoms with van der Waals surface area (Å²) in [5, 5.41) is 0. The summed E-state index contributed by atoms with van der Waals surface area (Å²) in [6.45, 7) is 6.37. The van der Waals surface area contributed by atoms with Gasteiger partial charge in [0, 0.05) is 4.91 Å². The Kier molecular flexibility index (Phi) is 5.46. The van der Waals surface area contributed by atoms with Crippen molar-refractivity contribution in [2.24, 2.45) is 0 Å². The zero-order valence-corrected chi connectivity index (χ0v) is 13.7. The zero-order valence-electron chi connectivity index (χ0n) is 12.9. The van der Waals surface area contributed by atoms with Crippen molar-refractivity contribution in [3.63, 3.8) is 0 Å². The second-order valence-electron chi connectivity index (χ2n) is 5.16. The molecule has 1 heteroatoms. The van der Waals surface area contributed by atoms with Gasteiger partial charge in [0.2, 0.25) is 0 Å². The smallest absolute Gasteiger partial charge is 0.0544 e. The predicted molar refractivity (Wildman–Crippen MR) is 98.2 cm³/mol. The van der Waals surface area contributed by atoms with E-state index in [1.165, 1.54) is 16.0 Å². The lowest BCUT2D eigenvalue weighted by molar-refractivity contribution is 1.03. The molecule has 1 aliphatic rings. The SMILES string of the molecule is C\C=C/C=C\C(=C/C)SC1(C)C=Cc2ccccc2C=C1. The van der Waals surface area contributed by atoms with E-state index in [0.29, 0.717) is 0 Å². The van der Waals surface area contributed by atoms with E-state index < -0.39 is 0 Å². The van der Waals surface area contributed by atoms with Gasteiger partial charge in [0.15, 0.2) is 0 Å². The summed E-state index contributed by atoms with van der Waals surface area (Å²) in [7, 11) is 0. The second-order valence-corrected chi connectivity index (χ2v) is 6.71. The molecule has 0 fully saturated rings. The van der Waals surface area contributed by atoms with Gasteiger partial charge in [0.1, 0.15) is 0 Å². The highest BCUT2D eigenvalue weighted by Gasteiger charge is 2.21. The van der Waals surface area contributed by atoms with E-state index in [0.717, 1.165) is 0 Å². The van der Waals surface area contributed by atoms with Crippen molar-refractivity contribution in [3.05, 3.63) is 82.8 Å². The van der Waals surface area contributed by atoms with Gasteiger partial charge < -0.3 is 0 Å². The molecule has 0 saturated heterocycles. The quantitative estimate of drug-likeness (QED) is 0.591. The number of thioether (sulfide) groups is 1. The molecule has 0 atom stereocenters. The van der Waals surface area contributed by atoms with Crippen LogP contribution in [0.15, 0.2) is 71.7 Å². The lowest BCUT2D eigenvalue weighted by Crippen LogP contribution is -2.11. The maximum Gasteiger partial charge on any atom is 0.0544 e. The zero-order chi connectivity index (χ0) is 15.1. The molecule has 1 aromatic rings. The third-order valence-corrected chi connectivity index (χ3v) is 4.69. The molecular formula is C20H22S. The third-order valence-electron chi connectivity index (χ3n) is 3.37. The summed E-state index contributed by atoms with van der Waals surface area (Å²) in [5.41, 5.74) is 2.56. The maximum atomic E-state index is 2.28. The second kappa shape index (κ2) is 7.33. The van der Waals surface area contributed by atoms with Crippen LogP contribution < -0.4 is 0 Å². The van der Waals surface area contributed by atoms with Crippen LogP contribution in [0.4, 0.5) is 0 Å². The molecule has 0 amide bonds. The van der Waals surface area contributed by atoms with E-state index in [2.05, 4.69) is 86.7 Å². The first-order valence-electron chi connectivity index (χ1n) is 7.29. The van der Waals surface area contributed by atoms with Crippen LogP contribution in [-0.4, -0.2) is 4.75 Å². The predicted octanol–water partition coefficient (Wildman–Crippen LogP) is 6.25. The molecule has 0 bridgehead atoms. The Labute approximate surface area is 132 Å². The van der Waals surface area contributed by atoms with Crippen LogP contribution in [0.25, 0.3) is 12.2 Å².